The van der Waals surface area contributed by atoms with Gasteiger partial charge in [0.05, 0.1) is 21.8 Å². The molecule has 2 heterocycles. The maximum atomic E-state index is 13.8. The molecular weight excluding hydrogens is 444 g/mol. The lowest BCUT2D eigenvalue weighted by Gasteiger charge is -2.19. The van der Waals surface area contributed by atoms with Crippen LogP contribution in [0.1, 0.15) is 26.4 Å². The first-order valence-corrected chi connectivity index (χ1v) is 11.9. The summed E-state index contributed by atoms with van der Waals surface area (Å²) >= 11 is 9.64. The van der Waals surface area contributed by atoms with E-state index in [-0.39, 0.29) is 5.91 Å². The predicted octanol–water partition coefficient (Wildman–Crippen LogP) is 7.63. The summed E-state index contributed by atoms with van der Waals surface area (Å²) in [5.41, 5.74) is 4.30. The molecule has 0 aliphatic carbocycles. The number of aromatic nitrogens is 1. The van der Waals surface area contributed by atoms with Crippen molar-refractivity contribution in [3.05, 3.63) is 93.3 Å². The predicted molar refractivity (Wildman–Crippen MR) is 133 cm³/mol. The standard InChI is InChI=1S/C25H19ClN2OS2/c1-15-12-16(2)22-19(13-15)27-25(31-22)28(14-17-8-4-3-5-9-17)24(29)23-21(26)18-10-6-7-11-20(18)30-23/h3-13H,14H2,1-2H3. The summed E-state index contributed by atoms with van der Waals surface area (Å²) in [4.78, 5) is 20.9. The monoisotopic (exact) mass is 462 g/mol. The molecule has 0 spiro atoms. The first-order chi connectivity index (χ1) is 15.0. The lowest BCUT2D eigenvalue weighted by atomic mass is 10.1. The second-order valence-electron chi connectivity index (χ2n) is 7.54. The highest BCUT2D eigenvalue weighted by molar-refractivity contribution is 7.23. The molecule has 0 N–H and O–H groups in total. The number of amides is 1. The number of anilines is 1. The number of carbonyl (C=O) groups is 1. The van der Waals surface area contributed by atoms with Crippen LogP contribution < -0.4 is 4.90 Å². The van der Waals surface area contributed by atoms with Crippen molar-refractivity contribution in [3.63, 3.8) is 0 Å². The summed E-state index contributed by atoms with van der Waals surface area (Å²) in [5, 5.41) is 2.11. The summed E-state index contributed by atoms with van der Waals surface area (Å²) in [6.07, 6.45) is 0. The zero-order valence-electron chi connectivity index (χ0n) is 17.1. The quantitative estimate of drug-likeness (QED) is 0.275. The van der Waals surface area contributed by atoms with E-state index in [4.69, 9.17) is 16.6 Å². The SMILES string of the molecule is Cc1cc(C)c2sc(N(Cc3ccccc3)C(=O)c3sc4ccccc4c3Cl)nc2c1. The number of rotatable bonds is 4. The highest BCUT2D eigenvalue weighted by atomic mass is 35.5. The Morgan fingerprint density at radius 3 is 2.52 bits per heavy atom. The number of fused-ring (bicyclic) bond motifs is 2. The lowest BCUT2D eigenvalue weighted by Crippen LogP contribution is -2.29. The third-order valence-corrected chi connectivity index (χ3v) is 8.09. The van der Waals surface area contributed by atoms with E-state index in [2.05, 4.69) is 26.0 Å². The van der Waals surface area contributed by atoms with Crippen molar-refractivity contribution >= 4 is 65.6 Å². The molecule has 5 aromatic rings. The van der Waals surface area contributed by atoms with Crippen LogP contribution in [0.25, 0.3) is 20.3 Å². The highest BCUT2D eigenvalue weighted by Crippen LogP contribution is 2.39. The van der Waals surface area contributed by atoms with E-state index >= 15 is 0 Å². The molecule has 0 bridgehead atoms. The van der Waals surface area contributed by atoms with Crippen LogP contribution in [0.15, 0.2) is 66.7 Å². The van der Waals surface area contributed by atoms with E-state index in [9.17, 15) is 4.79 Å². The molecule has 0 radical (unpaired) electrons. The Bertz CT molecular complexity index is 1420. The van der Waals surface area contributed by atoms with Crippen LogP contribution in [-0.2, 0) is 6.54 Å². The summed E-state index contributed by atoms with van der Waals surface area (Å²) in [7, 11) is 0. The fourth-order valence-corrected chi connectivity index (χ4v) is 6.22. The number of hydrogen-bond acceptors (Lipinski definition) is 4. The van der Waals surface area contributed by atoms with Crippen LogP contribution >= 0.6 is 34.3 Å². The normalized spacial score (nSPS) is 11.3. The van der Waals surface area contributed by atoms with E-state index in [1.165, 1.54) is 16.9 Å². The number of thiazole rings is 1. The summed E-state index contributed by atoms with van der Waals surface area (Å²) in [6, 6.07) is 22.1. The van der Waals surface area contributed by atoms with Crippen molar-refractivity contribution in [1.82, 2.24) is 4.98 Å². The molecule has 0 aliphatic heterocycles. The van der Waals surface area contributed by atoms with Crippen molar-refractivity contribution in [2.45, 2.75) is 20.4 Å². The van der Waals surface area contributed by atoms with Gasteiger partial charge in [-0.1, -0.05) is 77.5 Å². The van der Waals surface area contributed by atoms with Crippen molar-refractivity contribution in [1.29, 1.82) is 0 Å². The van der Waals surface area contributed by atoms with Crippen molar-refractivity contribution in [2.24, 2.45) is 0 Å². The maximum absolute atomic E-state index is 13.8. The molecule has 3 nitrogen and oxygen atoms in total. The van der Waals surface area contributed by atoms with E-state index in [0.29, 0.717) is 21.6 Å². The fraction of sp³-hybridized carbons (Fsp3) is 0.120. The van der Waals surface area contributed by atoms with E-state index in [1.54, 1.807) is 16.2 Å². The zero-order chi connectivity index (χ0) is 21.5. The molecule has 3 aromatic carbocycles. The average Bonchev–Trinajstić information content (AvgIpc) is 3.34. The number of halogens is 1. The number of thiophene rings is 1. The second-order valence-corrected chi connectivity index (χ2v) is 9.95. The molecule has 0 saturated carbocycles. The van der Waals surface area contributed by atoms with Gasteiger partial charge in [-0.25, -0.2) is 4.98 Å². The van der Waals surface area contributed by atoms with Crippen LogP contribution in [-0.4, -0.2) is 10.9 Å². The van der Waals surface area contributed by atoms with Gasteiger partial charge in [-0.15, -0.1) is 11.3 Å². The van der Waals surface area contributed by atoms with Crippen LogP contribution in [0.2, 0.25) is 5.02 Å². The molecule has 1 amide bonds. The number of nitrogens with zero attached hydrogens (tertiary/aromatic N) is 2. The van der Waals surface area contributed by atoms with Gasteiger partial charge < -0.3 is 0 Å². The van der Waals surface area contributed by atoms with Gasteiger partial charge in [0.25, 0.3) is 5.91 Å². The Kier molecular flexibility index (Phi) is 5.26. The van der Waals surface area contributed by atoms with Crippen LogP contribution in [0.3, 0.4) is 0 Å². The zero-order valence-corrected chi connectivity index (χ0v) is 19.4. The molecule has 0 unspecified atom stereocenters. The van der Waals surface area contributed by atoms with Gasteiger partial charge in [0, 0.05) is 10.1 Å². The lowest BCUT2D eigenvalue weighted by molar-refractivity contribution is 0.0989. The minimum absolute atomic E-state index is 0.122. The van der Waals surface area contributed by atoms with Crippen LogP contribution in [0.4, 0.5) is 5.13 Å². The number of hydrogen-bond donors (Lipinski definition) is 0. The Hall–Kier alpha value is -2.73. The van der Waals surface area contributed by atoms with E-state index in [0.717, 1.165) is 31.4 Å². The second kappa shape index (κ2) is 8.08. The van der Waals surface area contributed by atoms with Gasteiger partial charge in [-0.3, -0.25) is 9.69 Å². The summed E-state index contributed by atoms with van der Waals surface area (Å²) in [6.45, 7) is 4.58. The van der Waals surface area contributed by atoms with Crippen molar-refractivity contribution in [3.8, 4) is 0 Å². The molecule has 5 rings (SSSR count). The van der Waals surface area contributed by atoms with Crippen LogP contribution in [0.5, 0.6) is 0 Å². The summed E-state index contributed by atoms with van der Waals surface area (Å²) in [5.74, 6) is -0.122. The summed E-state index contributed by atoms with van der Waals surface area (Å²) < 4.78 is 2.11. The third-order valence-electron chi connectivity index (χ3n) is 5.20. The Morgan fingerprint density at radius 1 is 1.00 bits per heavy atom. The fourth-order valence-electron chi connectivity index (χ4n) is 3.75. The number of benzene rings is 3. The first-order valence-electron chi connectivity index (χ1n) is 9.92. The smallest absolute Gasteiger partial charge is 0.272 e. The molecule has 154 valence electrons. The van der Waals surface area contributed by atoms with Gasteiger partial charge >= 0.3 is 0 Å². The Balaban J connectivity index is 1.64. The molecule has 0 aliphatic rings. The topological polar surface area (TPSA) is 33.2 Å². The van der Waals surface area contributed by atoms with Gasteiger partial charge in [-0.2, -0.15) is 0 Å². The number of carbonyl (C=O) groups excluding carboxylic acids is 1. The number of aryl methyl sites for hydroxylation is 2. The molecule has 0 saturated heterocycles. The largest absolute Gasteiger partial charge is 0.279 e. The molecule has 6 heteroatoms. The minimum Gasteiger partial charge on any atom is -0.279 e. The van der Waals surface area contributed by atoms with Gasteiger partial charge in [0.15, 0.2) is 5.13 Å². The molecule has 0 atom stereocenters. The minimum atomic E-state index is -0.122. The average molecular weight is 463 g/mol. The maximum Gasteiger partial charge on any atom is 0.272 e. The van der Waals surface area contributed by atoms with Crippen LogP contribution in [0, 0.1) is 13.8 Å². The molecule has 2 aromatic heterocycles. The molecule has 0 fully saturated rings. The van der Waals surface area contributed by atoms with E-state index in [1.807, 2.05) is 54.6 Å². The Labute approximate surface area is 193 Å². The van der Waals surface area contributed by atoms with Crippen molar-refractivity contribution in [2.75, 3.05) is 4.90 Å². The first kappa shape index (κ1) is 20.2. The van der Waals surface area contributed by atoms with Gasteiger partial charge in [-0.05, 0) is 42.7 Å². The van der Waals surface area contributed by atoms with Crippen molar-refractivity contribution < 1.29 is 4.79 Å². The third kappa shape index (κ3) is 3.74. The van der Waals surface area contributed by atoms with Gasteiger partial charge in [0.2, 0.25) is 0 Å². The Morgan fingerprint density at radius 2 is 1.74 bits per heavy atom. The highest BCUT2D eigenvalue weighted by Gasteiger charge is 2.26. The van der Waals surface area contributed by atoms with Gasteiger partial charge in [0.1, 0.15) is 4.88 Å². The molecule has 31 heavy (non-hydrogen) atoms. The molecular formula is C25H19ClN2OS2. The van der Waals surface area contributed by atoms with E-state index < -0.39 is 0 Å².